The van der Waals surface area contributed by atoms with Crippen molar-refractivity contribution in [2.45, 2.75) is 14.7 Å². The van der Waals surface area contributed by atoms with Crippen molar-refractivity contribution in [1.29, 1.82) is 0 Å². The molecule has 168 valence electrons. The molecule has 5 rings (SSSR count). The summed E-state index contributed by atoms with van der Waals surface area (Å²) in [5, 5.41) is 2.80. The molecule has 7 heteroatoms. The molecule has 0 fully saturated rings. The summed E-state index contributed by atoms with van der Waals surface area (Å²) in [4.78, 5) is 30.4. The van der Waals surface area contributed by atoms with Crippen LogP contribution in [0.25, 0.3) is 0 Å². The minimum atomic E-state index is -0.386. The van der Waals surface area contributed by atoms with Crippen LogP contribution in [-0.2, 0) is 4.79 Å². The number of thioether (sulfide) groups is 1. The fourth-order valence-corrected chi connectivity index (χ4v) is 5.43. The van der Waals surface area contributed by atoms with Crippen LogP contribution >= 0.6 is 23.5 Å². The Morgan fingerprint density at radius 2 is 1.38 bits per heavy atom. The smallest absolute Gasteiger partial charge is 0.255 e. The summed E-state index contributed by atoms with van der Waals surface area (Å²) in [5.41, 5.74) is 2.80. The highest BCUT2D eigenvalue weighted by Crippen LogP contribution is 2.48. The van der Waals surface area contributed by atoms with Crippen LogP contribution in [0.4, 0.5) is 21.5 Å². The minimum absolute atomic E-state index is 0.00103. The summed E-state index contributed by atoms with van der Waals surface area (Å²) >= 11 is 3.11. The molecule has 4 aromatic rings. The molecule has 0 aliphatic carbocycles. The first-order valence-electron chi connectivity index (χ1n) is 10.6. The number of carbonyl (C=O) groups is 2. The van der Waals surface area contributed by atoms with Gasteiger partial charge in [0.2, 0.25) is 5.91 Å². The number of amides is 2. The third-order valence-corrected chi connectivity index (χ3v) is 7.39. The van der Waals surface area contributed by atoms with Crippen LogP contribution in [0, 0.1) is 5.82 Å². The van der Waals surface area contributed by atoms with Gasteiger partial charge < -0.3 is 5.32 Å². The zero-order valence-corrected chi connectivity index (χ0v) is 19.5. The first kappa shape index (κ1) is 22.3. The van der Waals surface area contributed by atoms with Gasteiger partial charge in [-0.3, -0.25) is 14.5 Å². The molecule has 1 N–H and O–H groups in total. The normalized spacial score (nSPS) is 12.0. The van der Waals surface area contributed by atoms with E-state index in [0.29, 0.717) is 11.3 Å². The fourth-order valence-electron chi connectivity index (χ4n) is 3.62. The Morgan fingerprint density at radius 3 is 2.00 bits per heavy atom. The van der Waals surface area contributed by atoms with Crippen molar-refractivity contribution in [3.8, 4) is 0 Å². The predicted molar refractivity (Wildman–Crippen MR) is 136 cm³/mol. The van der Waals surface area contributed by atoms with E-state index >= 15 is 0 Å². The maximum Gasteiger partial charge on any atom is 0.255 e. The maximum absolute atomic E-state index is 13.3. The number of benzene rings is 4. The van der Waals surface area contributed by atoms with E-state index < -0.39 is 0 Å². The predicted octanol–water partition coefficient (Wildman–Crippen LogP) is 7.00. The molecule has 34 heavy (non-hydrogen) atoms. The standard InChI is InChI=1S/C27H19FN2O2S2/c28-19-11-9-18(10-12-19)27(32)29-20-13-15-21(16-14-20)33-17-26(31)30-22-5-1-3-7-24(22)34-25-8-4-2-6-23(25)30/h1-16H,17H2,(H,29,32). The van der Waals surface area contributed by atoms with E-state index in [1.54, 1.807) is 28.8 Å². The van der Waals surface area contributed by atoms with Crippen LogP contribution < -0.4 is 10.2 Å². The van der Waals surface area contributed by atoms with Gasteiger partial charge in [0.15, 0.2) is 0 Å². The number of anilines is 3. The largest absolute Gasteiger partial charge is 0.322 e. The quantitative estimate of drug-likeness (QED) is 0.309. The summed E-state index contributed by atoms with van der Waals surface area (Å²) < 4.78 is 13.1. The van der Waals surface area contributed by atoms with E-state index in [1.807, 2.05) is 60.7 Å². The Morgan fingerprint density at radius 1 is 0.794 bits per heavy atom. The zero-order valence-electron chi connectivity index (χ0n) is 17.9. The van der Waals surface area contributed by atoms with Crippen LogP contribution in [0.15, 0.2) is 112 Å². The number of halogens is 1. The van der Waals surface area contributed by atoms with Crippen LogP contribution in [0.2, 0.25) is 0 Å². The first-order valence-corrected chi connectivity index (χ1v) is 12.4. The molecular weight excluding hydrogens is 467 g/mol. The molecule has 4 aromatic carbocycles. The van der Waals surface area contributed by atoms with Gasteiger partial charge in [-0.05, 0) is 72.8 Å². The number of hydrogen-bond acceptors (Lipinski definition) is 4. The van der Waals surface area contributed by atoms with Gasteiger partial charge in [-0.25, -0.2) is 4.39 Å². The second kappa shape index (κ2) is 9.75. The number of fused-ring (bicyclic) bond motifs is 2. The molecule has 1 aliphatic heterocycles. The summed E-state index contributed by atoms with van der Waals surface area (Å²) in [6, 6.07) is 28.5. The van der Waals surface area contributed by atoms with Crippen molar-refractivity contribution in [1.82, 2.24) is 0 Å². The zero-order chi connectivity index (χ0) is 23.5. The molecular formula is C27H19FN2O2S2. The van der Waals surface area contributed by atoms with Gasteiger partial charge in [0, 0.05) is 25.9 Å². The van der Waals surface area contributed by atoms with Gasteiger partial charge in [0.05, 0.1) is 17.1 Å². The first-order chi connectivity index (χ1) is 16.6. The fraction of sp³-hybridized carbons (Fsp3) is 0.0370. The summed E-state index contributed by atoms with van der Waals surface area (Å²) in [6.07, 6.45) is 0. The van der Waals surface area contributed by atoms with Crippen molar-refractivity contribution in [3.05, 3.63) is 108 Å². The van der Waals surface area contributed by atoms with Gasteiger partial charge in [0.25, 0.3) is 5.91 Å². The van der Waals surface area contributed by atoms with Gasteiger partial charge in [-0.1, -0.05) is 36.0 Å². The second-order valence-corrected chi connectivity index (χ2v) is 9.67. The second-order valence-electron chi connectivity index (χ2n) is 7.54. The maximum atomic E-state index is 13.3. The van der Waals surface area contributed by atoms with Gasteiger partial charge >= 0.3 is 0 Å². The van der Waals surface area contributed by atoms with Crippen LogP contribution in [-0.4, -0.2) is 17.6 Å². The lowest BCUT2D eigenvalue weighted by atomic mass is 10.2. The van der Waals surface area contributed by atoms with Crippen molar-refractivity contribution in [2.75, 3.05) is 16.0 Å². The van der Waals surface area contributed by atoms with E-state index in [0.717, 1.165) is 26.1 Å². The Kier molecular flexibility index (Phi) is 6.38. The Balaban J connectivity index is 1.26. The molecule has 0 aromatic heterocycles. The molecule has 4 nitrogen and oxygen atoms in total. The summed E-state index contributed by atoms with van der Waals surface area (Å²) in [5.74, 6) is -0.424. The monoisotopic (exact) mass is 486 g/mol. The van der Waals surface area contributed by atoms with Gasteiger partial charge in [-0.15, -0.1) is 11.8 Å². The van der Waals surface area contributed by atoms with E-state index in [1.165, 1.54) is 36.0 Å². The number of nitrogens with zero attached hydrogens (tertiary/aromatic N) is 1. The lowest BCUT2D eigenvalue weighted by Crippen LogP contribution is -2.29. The molecule has 0 radical (unpaired) electrons. The SMILES string of the molecule is O=C(Nc1ccc(SCC(=O)N2c3ccccc3Sc3ccccc32)cc1)c1ccc(F)cc1. The molecule has 1 heterocycles. The summed E-state index contributed by atoms with van der Waals surface area (Å²) in [6.45, 7) is 0. The summed E-state index contributed by atoms with van der Waals surface area (Å²) in [7, 11) is 0. The van der Waals surface area contributed by atoms with E-state index in [2.05, 4.69) is 5.32 Å². The number of para-hydroxylation sites is 2. The number of hydrogen-bond donors (Lipinski definition) is 1. The van der Waals surface area contributed by atoms with Crippen molar-refractivity contribution in [2.24, 2.45) is 0 Å². The molecule has 0 unspecified atom stereocenters. The topological polar surface area (TPSA) is 49.4 Å². The average Bonchev–Trinajstić information content (AvgIpc) is 2.87. The minimum Gasteiger partial charge on any atom is -0.322 e. The molecule has 0 saturated carbocycles. The Bertz CT molecular complexity index is 1310. The third-order valence-electron chi connectivity index (χ3n) is 5.26. The lowest BCUT2D eigenvalue weighted by molar-refractivity contribution is -0.115. The lowest BCUT2D eigenvalue weighted by Gasteiger charge is -2.31. The van der Waals surface area contributed by atoms with Crippen LogP contribution in [0.1, 0.15) is 10.4 Å². The number of nitrogens with one attached hydrogen (secondary N) is 1. The molecule has 0 saturated heterocycles. The molecule has 1 aliphatic rings. The third kappa shape index (κ3) is 4.71. The molecule has 0 bridgehead atoms. The highest BCUT2D eigenvalue weighted by Gasteiger charge is 2.27. The number of rotatable bonds is 5. The molecule has 2 amide bonds. The van der Waals surface area contributed by atoms with E-state index in [9.17, 15) is 14.0 Å². The Labute approximate surface area is 205 Å². The molecule has 0 spiro atoms. The highest BCUT2D eigenvalue weighted by atomic mass is 32.2. The van der Waals surface area contributed by atoms with E-state index in [-0.39, 0.29) is 23.4 Å². The van der Waals surface area contributed by atoms with Gasteiger partial charge in [-0.2, -0.15) is 0 Å². The van der Waals surface area contributed by atoms with Crippen LogP contribution in [0.3, 0.4) is 0 Å². The molecule has 0 atom stereocenters. The van der Waals surface area contributed by atoms with Crippen molar-refractivity contribution >= 4 is 52.4 Å². The number of carbonyl (C=O) groups excluding carboxylic acids is 2. The highest BCUT2D eigenvalue weighted by molar-refractivity contribution is 8.00. The van der Waals surface area contributed by atoms with Gasteiger partial charge in [0.1, 0.15) is 5.82 Å². The van der Waals surface area contributed by atoms with Crippen molar-refractivity contribution < 1.29 is 14.0 Å². The average molecular weight is 487 g/mol. The van der Waals surface area contributed by atoms with Crippen molar-refractivity contribution in [3.63, 3.8) is 0 Å². The van der Waals surface area contributed by atoms with E-state index in [4.69, 9.17) is 0 Å². The van der Waals surface area contributed by atoms with Crippen LogP contribution in [0.5, 0.6) is 0 Å². The Hall–Kier alpha value is -3.55.